The lowest BCUT2D eigenvalue weighted by Crippen LogP contribution is -2.62. The van der Waals surface area contributed by atoms with Gasteiger partial charge in [0.15, 0.2) is 0 Å². The summed E-state index contributed by atoms with van der Waals surface area (Å²) in [5, 5.41) is 11.4. The van der Waals surface area contributed by atoms with Crippen LogP contribution in [-0.2, 0) is 25.7 Å². The molecule has 2 saturated carbocycles. The Morgan fingerprint density at radius 2 is 1.65 bits per heavy atom. The SMILES string of the molecule is C=CCNC(=O)C(=O)C(CC1CC1)NC(=O)[C@@H]1[C@@H]2[C@H](CN1C(=O)[C@@H](NC(=O)N[C@H](CN1Cc3ccccc3C1=O)C(C)(C)C)C(C)(C)C)C2(C)C. The van der Waals surface area contributed by atoms with Gasteiger partial charge in [0.2, 0.25) is 17.6 Å². The van der Waals surface area contributed by atoms with Gasteiger partial charge >= 0.3 is 6.03 Å². The summed E-state index contributed by atoms with van der Waals surface area (Å²) in [5.74, 6) is -2.21. The third-order valence-electron chi connectivity index (χ3n) is 11.3. The van der Waals surface area contributed by atoms with E-state index in [4.69, 9.17) is 0 Å². The fourth-order valence-electron chi connectivity index (χ4n) is 7.76. The van der Waals surface area contributed by atoms with Crippen LogP contribution < -0.4 is 21.3 Å². The Morgan fingerprint density at radius 3 is 2.24 bits per heavy atom. The quantitative estimate of drug-likeness (QED) is 0.182. The highest BCUT2D eigenvalue weighted by Gasteiger charge is 2.70. The van der Waals surface area contributed by atoms with Gasteiger partial charge in [-0.3, -0.25) is 24.0 Å². The topological polar surface area (TPSA) is 157 Å². The lowest BCUT2D eigenvalue weighted by Gasteiger charge is -2.39. The number of carbonyl (C=O) groups is 6. The number of urea groups is 1. The van der Waals surface area contributed by atoms with Crippen molar-refractivity contribution in [2.24, 2.45) is 34.0 Å². The summed E-state index contributed by atoms with van der Waals surface area (Å²) < 4.78 is 0. The van der Waals surface area contributed by atoms with Crippen LogP contribution >= 0.6 is 0 Å². The predicted octanol–water partition coefficient (Wildman–Crippen LogP) is 3.41. The molecule has 2 aliphatic heterocycles. The number of fused-ring (bicyclic) bond motifs is 2. The monoisotopic (exact) mass is 704 g/mol. The van der Waals surface area contributed by atoms with Gasteiger partial charge in [0.1, 0.15) is 12.1 Å². The van der Waals surface area contributed by atoms with Crippen LogP contribution in [0.4, 0.5) is 4.79 Å². The summed E-state index contributed by atoms with van der Waals surface area (Å²) in [6, 6.07) is 3.67. The number of nitrogens with one attached hydrogen (secondary N) is 4. The number of carbonyl (C=O) groups excluding carboxylic acids is 6. The van der Waals surface area contributed by atoms with Crippen LogP contribution in [-0.4, -0.2) is 89.0 Å². The number of rotatable bonds is 13. The average Bonchev–Trinajstić information content (AvgIpc) is 3.85. The van der Waals surface area contributed by atoms with Crippen molar-refractivity contribution in [1.29, 1.82) is 0 Å². The second-order valence-corrected chi connectivity index (χ2v) is 17.7. The van der Waals surface area contributed by atoms with Crippen molar-refractivity contribution in [3.05, 3.63) is 48.0 Å². The molecular weight excluding hydrogens is 648 g/mol. The van der Waals surface area contributed by atoms with E-state index in [2.05, 4.69) is 41.7 Å². The van der Waals surface area contributed by atoms with E-state index >= 15 is 0 Å². The molecule has 4 N–H and O–H groups in total. The van der Waals surface area contributed by atoms with Crippen molar-refractivity contribution in [3.63, 3.8) is 0 Å². The molecule has 3 fully saturated rings. The molecule has 0 radical (unpaired) electrons. The van der Waals surface area contributed by atoms with Crippen molar-refractivity contribution in [2.45, 2.75) is 105 Å². The maximum Gasteiger partial charge on any atom is 0.315 e. The highest BCUT2D eigenvalue weighted by Crippen LogP contribution is 2.65. The first-order valence-corrected chi connectivity index (χ1v) is 18.2. The third kappa shape index (κ3) is 8.15. The first-order chi connectivity index (χ1) is 23.7. The molecule has 0 bridgehead atoms. The zero-order chi connectivity index (χ0) is 37.6. The number of ketones is 1. The molecule has 278 valence electrons. The van der Waals surface area contributed by atoms with Crippen molar-refractivity contribution in [1.82, 2.24) is 31.1 Å². The first kappa shape index (κ1) is 38.0. The summed E-state index contributed by atoms with van der Waals surface area (Å²) in [5.41, 5.74) is 0.274. The third-order valence-corrected chi connectivity index (χ3v) is 11.3. The van der Waals surface area contributed by atoms with E-state index in [0.29, 0.717) is 25.1 Å². The normalized spacial score (nSPS) is 23.7. The fourth-order valence-corrected chi connectivity index (χ4v) is 7.76. The van der Waals surface area contributed by atoms with Crippen molar-refractivity contribution in [2.75, 3.05) is 19.6 Å². The number of hydrogen-bond donors (Lipinski definition) is 4. The Kier molecular flexibility index (Phi) is 10.5. The van der Waals surface area contributed by atoms with Crippen LogP contribution in [0.5, 0.6) is 0 Å². The number of hydrogen-bond acceptors (Lipinski definition) is 6. The Balaban J connectivity index is 1.31. The number of Topliss-reactive ketones (excluding diaryl/α,β-unsaturated/α-hetero) is 1. The van der Waals surface area contributed by atoms with Crippen LogP contribution in [0.25, 0.3) is 0 Å². The Morgan fingerprint density at radius 1 is 0.980 bits per heavy atom. The van der Waals surface area contributed by atoms with Crippen LogP contribution in [0.3, 0.4) is 0 Å². The second-order valence-electron chi connectivity index (χ2n) is 17.7. The zero-order valence-electron chi connectivity index (χ0n) is 31.4. The molecule has 1 aromatic carbocycles. The molecular formula is C39H56N6O6. The van der Waals surface area contributed by atoms with Crippen LogP contribution in [0.15, 0.2) is 36.9 Å². The van der Waals surface area contributed by atoms with Crippen LogP contribution in [0, 0.1) is 34.0 Å². The summed E-state index contributed by atoms with van der Waals surface area (Å²) in [7, 11) is 0. The largest absolute Gasteiger partial charge is 0.346 e. The predicted molar refractivity (Wildman–Crippen MR) is 193 cm³/mol. The van der Waals surface area contributed by atoms with Gasteiger partial charge in [0.05, 0.1) is 12.1 Å². The van der Waals surface area contributed by atoms with Crippen LogP contribution in [0.2, 0.25) is 0 Å². The minimum absolute atomic E-state index is 0.0764. The number of benzene rings is 1. The van der Waals surface area contributed by atoms with Gasteiger partial charge in [-0.1, -0.05) is 92.5 Å². The lowest BCUT2D eigenvalue weighted by atomic mass is 9.85. The molecule has 6 atom stereocenters. The lowest BCUT2D eigenvalue weighted by molar-refractivity contribution is -0.145. The van der Waals surface area contributed by atoms with Crippen molar-refractivity contribution >= 4 is 35.4 Å². The fraction of sp³-hybridized carbons (Fsp3) is 0.641. The molecule has 12 heteroatoms. The van der Waals surface area contributed by atoms with E-state index in [1.807, 2.05) is 65.8 Å². The Hall–Kier alpha value is -4.22. The van der Waals surface area contributed by atoms with Gasteiger partial charge in [-0.05, 0) is 52.0 Å². The molecule has 5 rings (SSSR count). The number of amides is 6. The molecule has 4 aliphatic rings. The van der Waals surface area contributed by atoms with Gasteiger partial charge in [-0.2, -0.15) is 0 Å². The van der Waals surface area contributed by atoms with Crippen LogP contribution in [0.1, 0.15) is 90.6 Å². The van der Waals surface area contributed by atoms with E-state index in [9.17, 15) is 28.8 Å². The summed E-state index contributed by atoms with van der Waals surface area (Å²) in [6.07, 6.45) is 3.70. The number of piperidine rings is 1. The molecule has 2 aliphatic carbocycles. The molecule has 1 saturated heterocycles. The van der Waals surface area contributed by atoms with Crippen molar-refractivity contribution in [3.8, 4) is 0 Å². The smallest absolute Gasteiger partial charge is 0.315 e. The minimum Gasteiger partial charge on any atom is -0.346 e. The molecule has 1 unspecified atom stereocenters. The van der Waals surface area contributed by atoms with Gasteiger partial charge in [-0.25, -0.2) is 4.79 Å². The Labute approximate surface area is 301 Å². The molecule has 2 heterocycles. The van der Waals surface area contributed by atoms with E-state index in [-0.39, 0.29) is 48.1 Å². The maximum atomic E-state index is 14.5. The zero-order valence-corrected chi connectivity index (χ0v) is 31.4. The molecule has 1 aromatic rings. The summed E-state index contributed by atoms with van der Waals surface area (Å²) in [4.78, 5) is 84.6. The highest BCUT2D eigenvalue weighted by molar-refractivity contribution is 6.38. The van der Waals surface area contributed by atoms with Gasteiger partial charge in [0, 0.05) is 31.7 Å². The van der Waals surface area contributed by atoms with Gasteiger partial charge in [0.25, 0.3) is 11.8 Å². The van der Waals surface area contributed by atoms with Gasteiger partial charge in [-0.15, -0.1) is 6.58 Å². The van der Waals surface area contributed by atoms with Gasteiger partial charge < -0.3 is 31.1 Å². The first-order valence-electron chi connectivity index (χ1n) is 18.2. The standard InChI is InChI=1S/C39H56N6O6/c1-10-17-40-33(48)30(46)26(18-22-15-16-22)41-32(47)29-28-25(39(28,8)9)20-45(29)35(50)31(38(5,6)7)43-36(51)42-27(37(2,3)4)21-44-19-23-13-11-12-14-24(23)34(44)49/h10-14,22,25-29,31H,1,15-21H2,2-9H3,(H,40,48)(H,41,47)(H2,42,43,51)/t25-,26?,27+,28-,29-,31+/m0/s1. The highest BCUT2D eigenvalue weighted by atomic mass is 16.2. The number of likely N-dealkylation sites (tertiary alicyclic amines) is 1. The van der Waals surface area contributed by atoms with Crippen molar-refractivity contribution < 1.29 is 28.8 Å². The average molecular weight is 705 g/mol. The molecule has 12 nitrogen and oxygen atoms in total. The van der Waals surface area contributed by atoms with E-state index < -0.39 is 58.6 Å². The minimum atomic E-state index is -1.00. The number of nitrogens with zero attached hydrogens (tertiary/aromatic N) is 2. The summed E-state index contributed by atoms with van der Waals surface area (Å²) in [6.45, 7) is 20.5. The maximum absolute atomic E-state index is 14.5. The Bertz CT molecular complexity index is 1590. The molecule has 6 amide bonds. The molecule has 0 aromatic heterocycles. The molecule has 51 heavy (non-hydrogen) atoms. The van der Waals surface area contributed by atoms with E-state index in [1.54, 1.807) is 9.80 Å². The summed E-state index contributed by atoms with van der Waals surface area (Å²) >= 11 is 0. The molecule has 0 spiro atoms. The second kappa shape index (κ2) is 14.1. The van der Waals surface area contributed by atoms with E-state index in [1.165, 1.54) is 6.08 Å². The van der Waals surface area contributed by atoms with E-state index in [0.717, 1.165) is 18.4 Å².